The third-order valence-corrected chi connectivity index (χ3v) is 4.16. The summed E-state index contributed by atoms with van der Waals surface area (Å²) in [5.41, 5.74) is 0. The first-order valence-corrected chi connectivity index (χ1v) is 8.03. The highest BCUT2D eigenvalue weighted by atomic mass is 32.2. The number of aromatic nitrogens is 1. The molecule has 1 heterocycles. The Bertz CT molecular complexity index is 406. The molecule has 0 aliphatic carbocycles. The minimum Gasteiger partial charge on any atom is -0.494 e. The van der Waals surface area contributed by atoms with Gasteiger partial charge in [-0.05, 0) is 18.6 Å². The van der Waals surface area contributed by atoms with E-state index in [-0.39, 0.29) is 18.2 Å². The number of nitrogens with one attached hydrogen (secondary N) is 1. The fraction of sp³-hybridized carbons (Fsp3) is 0.643. The fourth-order valence-corrected chi connectivity index (χ4v) is 2.92. The lowest BCUT2D eigenvalue weighted by Crippen LogP contribution is -1.93. The number of thioether (sulfide) groups is 1. The Morgan fingerprint density at radius 1 is 1.05 bits per heavy atom. The Morgan fingerprint density at radius 3 is 2.20 bits per heavy atom. The van der Waals surface area contributed by atoms with Gasteiger partial charge in [0.2, 0.25) is 5.88 Å². The molecule has 0 aliphatic heterocycles. The number of aliphatic carboxylic acids is 1. The van der Waals surface area contributed by atoms with Crippen LogP contribution < -0.4 is 0 Å². The molecule has 0 aromatic carbocycles. The van der Waals surface area contributed by atoms with Gasteiger partial charge in [0.05, 0.1) is 4.90 Å². The number of carboxylic acid groups (broad SMARTS) is 1. The molecule has 0 unspecified atom stereocenters. The highest BCUT2D eigenvalue weighted by Crippen LogP contribution is 2.32. The van der Waals surface area contributed by atoms with Crippen LogP contribution in [0, 0.1) is 0 Å². The number of unbranched alkanes of at least 4 members (excludes halogenated alkanes) is 6. The highest BCUT2D eigenvalue weighted by molar-refractivity contribution is 7.99. The van der Waals surface area contributed by atoms with Crippen LogP contribution in [-0.2, 0) is 4.79 Å². The van der Waals surface area contributed by atoms with Crippen molar-refractivity contribution in [2.45, 2.75) is 56.3 Å². The van der Waals surface area contributed by atoms with Crippen LogP contribution >= 0.6 is 11.8 Å². The minimum absolute atomic E-state index is 0.00800. The number of hydrogen-bond acceptors (Lipinski definition) is 4. The zero-order valence-corrected chi connectivity index (χ0v) is 12.4. The number of carboxylic acids is 1. The van der Waals surface area contributed by atoms with Gasteiger partial charge in [-0.3, -0.25) is 9.78 Å². The van der Waals surface area contributed by atoms with Crippen LogP contribution in [0.2, 0.25) is 0 Å². The SMILES string of the molecule is O=C(O)CCCCCCCCCSc1cc(O)[nH]c1O. The molecule has 0 radical (unpaired) electrons. The molecule has 4 N–H and O–H groups in total. The van der Waals surface area contributed by atoms with Crippen LogP contribution in [0.25, 0.3) is 0 Å². The molecule has 0 spiro atoms. The molecule has 0 atom stereocenters. The van der Waals surface area contributed by atoms with Gasteiger partial charge in [-0.2, -0.15) is 0 Å². The molecule has 1 rings (SSSR count). The van der Waals surface area contributed by atoms with Crippen LogP contribution in [0.15, 0.2) is 11.0 Å². The van der Waals surface area contributed by atoms with Crippen LogP contribution in [-0.4, -0.2) is 32.0 Å². The van der Waals surface area contributed by atoms with E-state index in [1.165, 1.54) is 17.8 Å². The molecule has 0 fully saturated rings. The lowest BCUT2D eigenvalue weighted by atomic mass is 10.1. The molecule has 0 bridgehead atoms. The third kappa shape index (κ3) is 7.33. The van der Waals surface area contributed by atoms with Crippen molar-refractivity contribution in [3.63, 3.8) is 0 Å². The molecule has 0 saturated heterocycles. The second-order valence-corrected chi connectivity index (χ2v) is 5.97. The maximum atomic E-state index is 10.3. The molecule has 0 amide bonds. The summed E-state index contributed by atoms with van der Waals surface area (Å²) in [5, 5.41) is 27.1. The topological polar surface area (TPSA) is 93.5 Å². The predicted octanol–water partition coefficient (Wildman–Crippen LogP) is 3.72. The molecular weight excluding hydrogens is 278 g/mol. The largest absolute Gasteiger partial charge is 0.494 e. The van der Waals surface area contributed by atoms with Crippen molar-refractivity contribution in [1.29, 1.82) is 0 Å². The average molecular weight is 301 g/mol. The normalized spacial score (nSPS) is 10.8. The van der Waals surface area contributed by atoms with Crippen molar-refractivity contribution in [2.24, 2.45) is 0 Å². The number of carbonyl (C=O) groups is 1. The first-order chi connectivity index (χ1) is 9.59. The minimum atomic E-state index is -0.707. The first-order valence-electron chi connectivity index (χ1n) is 7.05. The quantitative estimate of drug-likeness (QED) is 0.369. The number of hydrogen-bond donors (Lipinski definition) is 4. The van der Waals surface area contributed by atoms with Gasteiger partial charge in [-0.25, -0.2) is 0 Å². The number of rotatable bonds is 11. The second-order valence-electron chi connectivity index (χ2n) is 4.83. The standard InChI is InChI=1S/C14H23NO4S/c16-12-10-11(14(19)15-12)20-9-7-5-3-1-2-4-6-8-13(17)18/h10,15-16,19H,1-9H2,(H,17,18). The lowest BCUT2D eigenvalue weighted by Gasteiger charge is -2.01. The third-order valence-electron chi connectivity index (χ3n) is 3.04. The first kappa shape index (κ1) is 16.8. The molecule has 0 saturated carbocycles. The van der Waals surface area contributed by atoms with E-state index >= 15 is 0 Å². The maximum absolute atomic E-state index is 10.3. The summed E-state index contributed by atoms with van der Waals surface area (Å²) in [6.07, 6.45) is 7.70. The van der Waals surface area contributed by atoms with Gasteiger partial charge in [-0.1, -0.05) is 32.1 Å². The maximum Gasteiger partial charge on any atom is 0.303 e. The Kier molecular flexibility index (Phi) is 8.02. The number of aromatic amines is 1. The highest BCUT2D eigenvalue weighted by Gasteiger charge is 2.06. The summed E-state index contributed by atoms with van der Waals surface area (Å²) >= 11 is 1.54. The van der Waals surface area contributed by atoms with E-state index in [4.69, 9.17) is 10.2 Å². The summed E-state index contributed by atoms with van der Waals surface area (Å²) in [5.74, 6) is 0.238. The van der Waals surface area contributed by atoms with Gasteiger partial charge in [0.1, 0.15) is 0 Å². The molecule has 0 aliphatic rings. The van der Waals surface area contributed by atoms with Gasteiger partial charge in [0.15, 0.2) is 5.88 Å². The Hall–Kier alpha value is -1.30. The Morgan fingerprint density at radius 2 is 1.65 bits per heavy atom. The average Bonchev–Trinajstić information content (AvgIpc) is 2.70. The zero-order chi connectivity index (χ0) is 14.8. The molecule has 5 nitrogen and oxygen atoms in total. The van der Waals surface area contributed by atoms with Gasteiger partial charge in [-0.15, -0.1) is 11.8 Å². The molecule has 1 aromatic heterocycles. The van der Waals surface area contributed by atoms with E-state index in [1.54, 1.807) is 0 Å². The van der Waals surface area contributed by atoms with Crippen molar-refractivity contribution in [1.82, 2.24) is 4.98 Å². The van der Waals surface area contributed by atoms with E-state index in [2.05, 4.69) is 4.98 Å². The van der Waals surface area contributed by atoms with Crippen molar-refractivity contribution in [3.05, 3.63) is 6.07 Å². The van der Waals surface area contributed by atoms with Gasteiger partial charge in [0.25, 0.3) is 0 Å². The van der Waals surface area contributed by atoms with Crippen LogP contribution in [0.5, 0.6) is 11.8 Å². The van der Waals surface area contributed by atoms with E-state index in [1.807, 2.05) is 0 Å². The van der Waals surface area contributed by atoms with Crippen LogP contribution in [0.4, 0.5) is 0 Å². The van der Waals surface area contributed by atoms with Crippen LogP contribution in [0.3, 0.4) is 0 Å². The lowest BCUT2D eigenvalue weighted by molar-refractivity contribution is -0.137. The van der Waals surface area contributed by atoms with E-state index < -0.39 is 5.97 Å². The molecule has 114 valence electrons. The van der Waals surface area contributed by atoms with Gasteiger partial charge in [0, 0.05) is 12.5 Å². The summed E-state index contributed by atoms with van der Waals surface area (Å²) in [6.45, 7) is 0. The summed E-state index contributed by atoms with van der Waals surface area (Å²) in [6, 6.07) is 1.53. The zero-order valence-electron chi connectivity index (χ0n) is 11.6. The molecule has 1 aromatic rings. The van der Waals surface area contributed by atoms with Gasteiger partial charge < -0.3 is 15.3 Å². The summed E-state index contributed by atoms with van der Waals surface area (Å²) in [4.78, 5) is 13.4. The van der Waals surface area contributed by atoms with E-state index in [0.29, 0.717) is 4.90 Å². The second kappa shape index (κ2) is 9.58. The van der Waals surface area contributed by atoms with Crippen molar-refractivity contribution >= 4 is 17.7 Å². The van der Waals surface area contributed by atoms with Crippen molar-refractivity contribution in [2.75, 3.05) is 5.75 Å². The van der Waals surface area contributed by atoms with Crippen LogP contribution in [0.1, 0.15) is 51.4 Å². The van der Waals surface area contributed by atoms with E-state index in [9.17, 15) is 9.90 Å². The molecule has 20 heavy (non-hydrogen) atoms. The summed E-state index contributed by atoms with van der Waals surface area (Å²) < 4.78 is 0. The Labute approximate surface area is 123 Å². The number of aromatic hydroxyl groups is 2. The molecular formula is C14H23NO4S. The van der Waals surface area contributed by atoms with Crippen molar-refractivity contribution < 1.29 is 20.1 Å². The smallest absolute Gasteiger partial charge is 0.303 e. The summed E-state index contributed by atoms with van der Waals surface area (Å²) in [7, 11) is 0. The number of H-pyrrole nitrogens is 1. The van der Waals surface area contributed by atoms with Crippen molar-refractivity contribution in [3.8, 4) is 11.8 Å². The molecule has 6 heteroatoms. The monoisotopic (exact) mass is 301 g/mol. The predicted molar refractivity (Wildman–Crippen MR) is 79.4 cm³/mol. The Balaban J connectivity index is 1.90. The fourth-order valence-electron chi connectivity index (χ4n) is 1.97. The van der Waals surface area contributed by atoms with Gasteiger partial charge >= 0.3 is 5.97 Å². The van der Waals surface area contributed by atoms with E-state index in [0.717, 1.165) is 50.7 Å².